The second-order valence-corrected chi connectivity index (χ2v) is 6.21. The average Bonchev–Trinajstić information content (AvgIpc) is 2.89. The van der Waals surface area contributed by atoms with Crippen LogP contribution in [0.4, 0.5) is 0 Å². The van der Waals surface area contributed by atoms with Crippen LogP contribution in [0.2, 0.25) is 0 Å². The summed E-state index contributed by atoms with van der Waals surface area (Å²) in [5, 5.41) is 10.0. The van der Waals surface area contributed by atoms with E-state index in [1.54, 1.807) is 4.90 Å². The minimum absolute atomic E-state index is 0.0571. The van der Waals surface area contributed by atoms with E-state index in [0.717, 1.165) is 11.1 Å². The van der Waals surface area contributed by atoms with E-state index < -0.39 is 12.1 Å². The van der Waals surface area contributed by atoms with Gasteiger partial charge < -0.3 is 19.3 Å². The molecule has 6 heteroatoms. The summed E-state index contributed by atoms with van der Waals surface area (Å²) in [6.45, 7) is 1.29. The van der Waals surface area contributed by atoms with Gasteiger partial charge in [-0.3, -0.25) is 9.59 Å². The maximum atomic E-state index is 12.5. The van der Waals surface area contributed by atoms with Crippen molar-refractivity contribution in [2.45, 2.75) is 25.4 Å². The number of rotatable bonds is 5. The van der Waals surface area contributed by atoms with E-state index in [-0.39, 0.29) is 12.3 Å². The SMILES string of the molecule is Cn1cc(CCC(=O)N2CCO[C@H](CC(=O)O)C2)c2ccccc21. The number of morpholine rings is 1. The van der Waals surface area contributed by atoms with Crippen LogP contribution >= 0.6 is 0 Å². The van der Waals surface area contributed by atoms with E-state index in [0.29, 0.717) is 32.5 Å². The molecule has 0 unspecified atom stereocenters. The highest BCUT2D eigenvalue weighted by molar-refractivity contribution is 5.85. The quantitative estimate of drug-likeness (QED) is 0.907. The van der Waals surface area contributed by atoms with Gasteiger partial charge in [0, 0.05) is 43.7 Å². The molecule has 1 aromatic carbocycles. The first kappa shape index (κ1) is 16.5. The molecule has 1 amide bonds. The number of aryl methyl sites for hydroxylation is 2. The standard InChI is InChI=1S/C18H22N2O4/c1-19-11-13(15-4-2-3-5-16(15)19)6-7-17(21)20-8-9-24-14(12-20)10-18(22)23/h2-5,11,14H,6-10,12H2,1H3,(H,22,23)/t14-/m1/s1. The summed E-state index contributed by atoms with van der Waals surface area (Å²) in [5.41, 5.74) is 2.32. The lowest BCUT2D eigenvalue weighted by molar-refractivity contribution is -0.147. The molecule has 1 fully saturated rings. The Balaban J connectivity index is 1.61. The lowest BCUT2D eigenvalue weighted by Crippen LogP contribution is -2.46. The van der Waals surface area contributed by atoms with Crippen molar-refractivity contribution >= 4 is 22.8 Å². The number of carbonyl (C=O) groups excluding carboxylic acids is 1. The Morgan fingerprint density at radius 3 is 2.92 bits per heavy atom. The monoisotopic (exact) mass is 330 g/mol. The van der Waals surface area contributed by atoms with E-state index >= 15 is 0 Å². The predicted molar refractivity (Wildman–Crippen MR) is 89.8 cm³/mol. The first-order valence-electron chi connectivity index (χ1n) is 8.18. The molecule has 2 heterocycles. The predicted octanol–water partition coefficient (Wildman–Crippen LogP) is 1.81. The van der Waals surface area contributed by atoms with Crippen molar-refractivity contribution in [1.29, 1.82) is 0 Å². The van der Waals surface area contributed by atoms with Gasteiger partial charge in [-0.15, -0.1) is 0 Å². The highest BCUT2D eigenvalue weighted by atomic mass is 16.5. The summed E-state index contributed by atoms with van der Waals surface area (Å²) < 4.78 is 7.49. The van der Waals surface area contributed by atoms with Crippen molar-refractivity contribution in [2.75, 3.05) is 19.7 Å². The number of aliphatic carboxylic acids is 1. The van der Waals surface area contributed by atoms with Gasteiger partial charge in [0.25, 0.3) is 0 Å². The molecule has 1 aliphatic rings. The lowest BCUT2D eigenvalue weighted by atomic mass is 10.1. The van der Waals surface area contributed by atoms with Crippen molar-refractivity contribution in [3.05, 3.63) is 36.0 Å². The Bertz CT molecular complexity index is 753. The Morgan fingerprint density at radius 1 is 1.33 bits per heavy atom. The van der Waals surface area contributed by atoms with E-state index in [1.165, 1.54) is 5.39 Å². The second kappa shape index (κ2) is 7.05. The number of amides is 1. The van der Waals surface area contributed by atoms with Crippen LogP contribution in [0.15, 0.2) is 30.5 Å². The summed E-state index contributed by atoms with van der Waals surface area (Å²) in [7, 11) is 2.01. The van der Waals surface area contributed by atoms with E-state index in [2.05, 4.69) is 22.9 Å². The van der Waals surface area contributed by atoms with Crippen molar-refractivity contribution in [3.8, 4) is 0 Å². The van der Waals surface area contributed by atoms with Crippen molar-refractivity contribution in [2.24, 2.45) is 7.05 Å². The van der Waals surface area contributed by atoms with Crippen molar-refractivity contribution < 1.29 is 19.4 Å². The highest BCUT2D eigenvalue weighted by Crippen LogP contribution is 2.22. The van der Waals surface area contributed by atoms with Gasteiger partial charge in [-0.2, -0.15) is 0 Å². The molecular formula is C18H22N2O4. The number of carboxylic acids is 1. The zero-order valence-corrected chi connectivity index (χ0v) is 13.8. The highest BCUT2D eigenvalue weighted by Gasteiger charge is 2.25. The molecule has 0 saturated carbocycles. The number of aromatic nitrogens is 1. The summed E-state index contributed by atoms with van der Waals surface area (Å²) in [4.78, 5) is 25.0. The van der Waals surface area contributed by atoms with Crippen LogP contribution in [-0.4, -0.2) is 52.3 Å². The molecule has 1 aromatic heterocycles. The summed E-state index contributed by atoms with van der Waals surface area (Å²) >= 11 is 0. The van der Waals surface area contributed by atoms with Gasteiger partial charge in [0.1, 0.15) is 0 Å². The van der Waals surface area contributed by atoms with Gasteiger partial charge in [0.15, 0.2) is 0 Å². The van der Waals surface area contributed by atoms with Gasteiger partial charge in [0.2, 0.25) is 5.91 Å². The topological polar surface area (TPSA) is 71.8 Å². The maximum absolute atomic E-state index is 12.5. The fourth-order valence-electron chi connectivity index (χ4n) is 3.29. The smallest absolute Gasteiger partial charge is 0.306 e. The van der Waals surface area contributed by atoms with Crippen LogP contribution in [0, 0.1) is 0 Å². The van der Waals surface area contributed by atoms with Gasteiger partial charge in [-0.05, 0) is 18.1 Å². The van der Waals surface area contributed by atoms with Crippen molar-refractivity contribution in [3.63, 3.8) is 0 Å². The van der Waals surface area contributed by atoms with Crippen LogP contribution in [0.25, 0.3) is 10.9 Å². The number of benzene rings is 1. The van der Waals surface area contributed by atoms with Gasteiger partial charge in [0.05, 0.1) is 19.1 Å². The molecule has 6 nitrogen and oxygen atoms in total. The minimum Gasteiger partial charge on any atom is -0.481 e. The molecule has 0 spiro atoms. The van der Waals surface area contributed by atoms with E-state index in [1.807, 2.05) is 19.2 Å². The number of fused-ring (bicyclic) bond motifs is 1. The fraction of sp³-hybridized carbons (Fsp3) is 0.444. The third-order valence-corrected chi connectivity index (χ3v) is 4.48. The van der Waals surface area contributed by atoms with E-state index in [9.17, 15) is 9.59 Å². The number of ether oxygens (including phenoxy) is 1. The largest absolute Gasteiger partial charge is 0.481 e. The Hall–Kier alpha value is -2.34. The number of carboxylic acid groups (broad SMARTS) is 1. The molecule has 1 atom stereocenters. The molecule has 0 aliphatic carbocycles. The Labute approximate surface area is 140 Å². The molecule has 1 aliphatic heterocycles. The third kappa shape index (κ3) is 3.59. The molecule has 3 rings (SSSR count). The minimum atomic E-state index is -0.898. The Morgan fingerprint density at radius 2 is 2.12 bits per heavy atom. The average molecular weight is 330 g/mol. The zero-order valence-electron chi connectivity index (χ0n) is 13.8. The molecule has 0 bridgehead atoms. The number of para-hydroxylation sites is 1. The molecule has 0 radical (unpaired) electrons. The first-order valence-corrected chi connectivity index (χ1v) is 8.18. The first-order chi connectivity index (χ1) is 11.5. The molecule has 24 heavy (non-hydrogen) atoms. The summed E-state index contributed by atoms with van der Waals surface area (Å²) in [6, 6.07) is 8.16. The van der Waals surface area contributed by atoms with Crippen LogP contribution < -0.4 is 0 Å². The summed E-state index contributed by atoms with van der Waals surface area (Å²) in [5.74, 6) is -0.841. The molecule has 1 N–H and O–H groups in total. The van der Waals surface area contributed by atoms with Crippen LogP contribution in [-0.2, 0) is 27.8 Å². The molecular weight excluding hydrogens is 308 g/mol. The summed E-state index contributed by atoms with van der Waals surface area (Å²) in [6.07, 6.45) is 2.71. The molecule has 2 aromatic rings. The third-order valence-electron chi connectivity index (χ3n) is 4.48. The number of hydrogen-bond donors (Lipinski definition) is 1. The molecule has 128 valence electrons. The maximum Gasteiger partial charge on any atom is 0.306 e. The van der Waals surface area contributed by atoms with Crippen LogP contribution in [0.3, 0.4) is 0 Å². The van der Waals surface area contributed by atoms with E-state index in [4.69, 9.17) is 9.84 Å². The van der Waals surface area contributed by atoms with Gasteiger partial charge in [-0.1, -0.05) is 18.2 Å². The molecule has 1 saturated heterocycles. The van der Waals surface area contributed by atoms with Crippen molar-refractivity contribution in [1.82, 2.24) is 9.47 Å². The van der Waals surface area contributed by atoms with Gasteiger partial charge in [-0.25, -0.2) is 0 Å². The van der Waals surface area contributed by atoms with Crippen LogP contribution in [0.5, 0.6) is 0 Å². The van der Waals surface area contributed by atoms with Crippen LogP contribution in [0.1, 0.15) is 18.4 Å². The van der Waals surface area contributed by atoms with Gasteiger partial charge >= 0.3 is 5.97 Å². The number of nitrogens with zero attached hydrogens (tertiary/aromatic N) is 2. The Kier molecular flexibility index (Phi) is 4.85. The zero-order chi connectivity index (χ0) is 17.1. The lowest BCUT2D eigenvalue weighted by Gasteiger charge is -2.32. The number of carbonyl (C=O) groups is 2. The second-order valence-electron chi connectivity index (χ2n) is 6.21. The normalized spacial score (nSPS) is 18.0. The number of hydrogen-bond acceptors (Lipinski definition) is 3. The fourth-order valence-corrected chi connectivity index (χ4v) is 3.29.